The summed E-state index contributed by atoms with van der Waals surface area (Å²) in [4.78, 5) is 18.2. The van der Waals surface area contributed by atoms with Gasteiger partial charge in [0.2, 0.25) is 0 Å². The molecule has 6 heteroatoms. The summed E-state index contributed by atoms with van der Waals surface area (Å²) in [6.45, 7) is 3.72. The van der Waals surface area contributed by atoms with Crippen LogP contribution in [0, 0.1) is 0 Å². The molecule has 2 aromatic rings. The Morgan fingerprint density at radius 1 is 1.32 bits per heavy atom. The number of benzene rings is 1. The fourth-order valence-electron chi connectivity index (χ4n) is 3.08. The van der Waals surface area contributed by atoms with Gasteiger partial charge in [0.1, 0.15) is 0 Å². The number of thiophene rings is 1. The molecule has 1 aliphatic rings. The molecule has 1 fully saturated rings. The van der Waals surface area contributed by atoms with E-state index in [4.69, 9.17) is 16.3 Å². The molecule has 0 aliphatic carbocycles. The molecular weight excluding hydrogens is 356 g/mol. The minimum absolute atomic E-state index is 0.0136. The third-order valence-electron chi connectivity index (χ3n) is 4.42. The van der Waals surface area contributed by atoms with Gasteiger partial charge in [0.25, 0.3) is 5.91 Å². The van der Waals surface area contributed by atoms with Crippen molar-refractivity contribution in [3.63, 3.8) is 0 Å². The first-order valence-corrected chi connectivity index (χ1v) is 9.80. The number of ether oxygens (including phenoxy) is 1. The van der Waals surface area contributed by atoms with Crippen molar-refractivity contribution in [2.75, 3.05) is 38.3 Å². The van der Waals surface area contributed by atoms with Gasteiger partial charge in [-0.2, -0.15) is 0 Å². The number of anilines is 1. The fourth-order valence-corrected chi connectivity index (χ4v) is 4.10. The van der Waals surface area contributed by atoms with Gasteiger partial charge in [0.15, 0.2) is 0 Å². The van der Waals surface area contributed by atoms with Crippen LogP contribution < -0.4 is 4.90 Å². The van der Waals surface area contributed by atoms with Crippen molar-refractivity contribution in [1.82, 2.24) is 4.90 Å². The SMILES string of the molecule is COCCN(Cc1cccs1)C(=O)c1ccc(N2CCCC2)c(Cl)c1. The zero-order valence-electron chi connectivity index (χ0n) is 14.4. The van der Waals surface area contributed by atoms with Crippen LogP contribution in [0.15, 0.2) is 35.7 Å². The Labute approximate surface area is 158 Å². The zero-order chi connectivity index (χ0) is 17.6. The van der Waals surface area contributed by atoms with Gasteiger partial charge in [-0.1, -0.05) is 17.7 Å². The highest BCUT2D eigenvalue weighted by Gasteiger charge is 2.20. The first kappa shape index (κ1) is 18.2. The van der Waals surface area contributed by atoms with E-state index >= 15 is 0 Å². The van der Waals surface area contributed by atoms with Crippen LogP contribution in [0.2, 0.25) is 5.02 Å². The van der Waals surface area contributed by atoms with E-state index in [1.807, 2.05) is 34.5 Å². The summed E-state index contributed by atoms with van der Waals surface area (Å²) in [6, 6.07) is 9.70. The van der Waals surface area contributed by atoms with E-state index in [2.05, 4.69) is 4.90 Å². The summed E-state index contributed by atoms with van der Waals surface area (Å²) in [7, 11) is 1.65. The molecule has 0 atom stereocenters. The lowest BCUT2D eigenvalue weighted by atomic mass is 10.1. The van der Waals surface area contributed by atoms with Gasteiger partial charge in [-0.25, -0.2) is 0 Å². The highest BCUT2D eigenvalue weighted by Crippen LogP contribution is 2.30. The number of nitrogens with zero attached hydrogens (tertiary/aromatic N) is 2. The van der Waals surface area contributed by atoms with Gasteiger partial charge in [-0.3, -0.25) is 4.79 Å². The molecule has 0 N–H and O–H groups in total. The molecule has 0 unspecified atom stereocenters. The van der Waals surface area contributed by atoms with Crippen LogP contribution in [0.25, 0.3) is 0 Å². The van der Waals surface area contributed by atoms with Crippen molar-refractivity contribution < 1.29 is 9.53 Å². The second kappa shape index (κ2) is 8.70. The molecule has 0 saturated carbocycles. The average molecular weight is 379 g/mol. The second-order valence-corrected chi connectivity index (χ2v) is 7.60. The molecule has 1 saturated heterocycles. The molecule has 1 amide bonds. The molecule has 3 rings (SSSR count). The van der Waals surface area contributed by atoms with Crippen LogP contribution in [0.3, 0.4) is 0 Å². The first-order chi connectivity index (χ1) is 12.2. The van der Waals surface area contributed by atoms with Crippen LogP contribution in [-0.4, -0.2) is 44.2 Å². The Hall–Kier alpha value is -1.56. The quantitative estimate of drug-likeness (QED) is 0.720. The van der Waals surface area contributed by atoms with Crippen molar-refractivity contribution in [3.8, 4) is 0 Å². The van der Waals surface area contributed by atoms with Gasteiger partial charge in [0, 0.05) is 37.2 Å². The number of hydrogen-bond donors (Lipinski definition) is 0. The Balaban J connectivity index is 1.77. The number of rotatable bonds is 7. The Morgan fingerprint density at radius 3 is 2.76 bits per heavy atom. The lowest BCUT2D eigenvalue weighted by molar-refractivity contribution is 0.0682. The van der Waals surface area contributed by atoms with Crippen LogP contribution >= 0.6 is 22.9 Å². The number of carbonyl (C=O) groups is 1. The van der Waals surface area contributed by atoms with Crippen LogP contribution in [0.4, 0.5) is 5.69 Å². The Kier molecular flexibility index (Phi) is 6.34. The monoisotopic (exact) mass is 378 g/mol. The Bertz CT molecular complexity index is 699. The maximum Gasteiger partial charge on any atom is 0.254 e. The molecule has 1 aromatic carbocycles. The topological polar surface area (TPSA) is 32.8 Å². The van der Waals surface area contributed by atoms with Gasteiger partial charge < -0.3 is 14.5 Å². The minimum atomic E-state index is -0.0136. The highest BCUT2D eigenvalue weighted by atomic mass is 35.5. The summed E-state index contributed by atoms with van der Waals surface area (Å²) in [5.74, 6) is -0.0136. The third kappa shape index (κ3) is 4.54. The lowest BCUT2D eigenvalue weighted by Crippen LogP contribution is -2.33. The highest BCUT2D eigenvalue weighted by molar-refractivity contribution is 7.09. The fraction of sp³-hybridized carbons (Fsp3) is 0.421. The number of carbonyl (C=O) groups excluding carboxylic acids is 1. The van der Waals surface area contributed by atoms with E-state index in [1.54, 1.807) is 24.5 Å². The Morgan fingerprint density at radius 2 is 2.12 bits per heavy atom. The maximum atomic E-state index is 13.0. The van der Waals surface area contributed by atoms with Crippen LogP contribution in [-0.2, 0) is 11.3 Å². The van der Waals surface area contributed by atoms with E-state index in [0.717, 1.165) is 23.7 Å². The average Bonchev–Trinajstić information content (AvgIpc) is 3.31. The normalized spacial score (nSPS) is 14.1. The summed E-state index contributed by atoms with van der Waals surface area (Å²) < 4.78 is 5.16. The first-order valence-electron chi connectivity index (χ1n) is 8.54. The van der Waals surface area contributed by atoms with E-state index in [1.165, 1.54) is 12.8 Å². The molecular formula is C19H23ClN2O2S. The van der Waals surface area contributed by atoms with Gasteiger partial charge >= 0.3 is 0 Å². The van der Waals surface area contributed by atoms with Gasteiger partial charge in [0.05, 0.1) is 23.9 Å². The summed E-state index contributed by atoms with van der Waals surface area (Å²) in [5, 5.41) is 2.67. The van der Waals surface area contributed by atoms with Crippen molar-refractivity contribution in [2.24, 2.45) is 0 Å². The predicted molar refractivity (Wildman–Crippen MR) is 104 cm³/mol. The molecule has 0 radical (unpaired) electrons. The van der Waals surface area contributed by atoms with Crippen molar-refractivity contribution in [2.45, 2.75) is 19.4 Å². The van der Waals surface area contributed by atoms with E-state index in [9.17, 15) is 4.79 Å². The predicted octanol–water partition coefficient (Wildman–Crippen LogP) is 4.29. The molecule has 134 valence electrons. The van der Waals surface area contributed by atoms with Crippen molar-refractivity contribution in [1.29, 1.82) is 0 Å². The van der Waals surface area contributed by atoms with Crippen LogP contribution in [0.5, 0.6) is 0 Å². The number of amides is 1. The van der Waals surface area contributed by atoms with Gasteiger partial charge in [-0.15, -0.1) is 11.3 Å². The van der Waals surface area contributed by atoms with E-state index in [-0.39, 0.29) is 5.91 Å². The molecule has 25 heavy (non-hydrogen) atoms. The van der Waals surface area contributed by atoms with E-state index < -0.39 is 0 Å². The molecule has 0 spiro atoms. The largest absolute Gasteiger partial charge is 0.383 e. The summed E-state index contributed by atoms with van der Waals surface area (Å²) >= 11 is 8.12. The van der Waals surface area contributed by atoms with Crippen molar-refractivity contribution in [3.05, 3.63) is 51.2 Å². The minimum Gasteiger partial charge on any atom is -0.383 e. The second-order valence-electron chi connectivity index (χ2n) is 6.16. The molecule has 1 aliphatic heterocycles. The molecule has 1 aromatic heterocycles. The summed E-state index contributed by atoms with van der Waals surface area (Å²) in [6.07, 6.45) is 2.39. The van der Waals surface area contributed by atoms with Crippen LogP contribution in [0.1, 0.15) is 28.1 Å². The third-order valence-corrected chi connectivity index (χ3v) is 5.58. The number of methoxy groups -OCH3 is 1. The number of hydrogen-bond acceptors (Lipinski definition) is 4. The smallest absolute Gasteiger partial charge is 0.254 e. The maximum absolute atomic E-state index is 13.0. The standard InChI is InChI=1S/C19H23ClN2O2S/c1-24-11-10-22(14-16-5-4-12-25-16)19(23)15-6-7-18(17(20)13-15)21-8-2-3-9-21/h4-7,12-13H,2-3,8-11,14H2,1H3. The molecule has 4 nitrogen and oxygen atoms in total. The van der Waals surface area contributed by atoms with Crippen molar-refractivity contribution >= 4 is 34.5 Å². The summed E-state index contributed by atoms with van der Waals surface area (Å²) in [5.41, 5.74) is 1.65. The number of halogens is 1. The zero-order valence-corrected chi connectivity index (χ0v) is 16.0. The lowest BCUT2D eigenvalue weighted by Gasteiger charge is -2.23. The van der Waals surface area contributed by atoms with Gasteiger partial charge in [-0.05, 0) is 42.5 Å². The molecule has 2 heterocycles. The van der Waals surface area contributed by atoms with E-state index in [0.29, 0.717) is 30.3 Å². The molecule has 0 bridgehead atoms.